The average Bonchev–Trinajstić information content (AvgIpc) is 2.68. The van der Waals surface area contributed by atoms with E-state index in [-0.39, 0.29) is 0 Å². The smallest absolute Gasteiger partial charge is 0.0796 e. The first kappa shape index (κ1) is 10.7. The summed E-state index contributed by atoms with van der Waals surface area (Å²) in [5, 5.41) is 7.94. The number of nitrogens with one attached hydrogen (secondary N) is 1. The van der Waals surface area contributed by atoms with Crippen LogP contribution in [0, 0.1) is 5.92 Å². The van der Waals surface area contributed by atoms with Gasteiger partial charge in [-0.05, 0) is 31.9 Å². The summed E-state index contributed by atoms with van der Waals surface area (Å²) in [6.07, 6.45) is 8.91. The zero-order valence-electron chi connectivity index (χ0n) is 9.74. The molecule has 1 aliphatic rings. The Kier molecular flexibility index (Phi) is 3.41. The van der Waals surface area contributed by atoms with Crippen molar-refractivity contribution in [3.05, 3.63) is 18.0 Å². The highest BCUT2D eigenvalue weighted by molar-refractivity contribution is 5.07. The summed E-state index contributed by atoms with van der Waals surface area (Å²) in [6, 6.07) is 2.59. The van der Waals surface area contributed by atoms with Gasteiger partial charge in [-0.1, -0.05) is 19.3 Å². The third-order valence-electron chi connectivity index (χ3n) is 3.49. The molecule has 0 radical (unpaired) electrons. The molecular weight excluding hydrogens is 186 g/mol. The molecule has 0 spiro atoms. The number of aryl methyl sites for hydroxylation is 1. The molecule has 15 heavy (non-hydrogen) atoms. The van der Waals surface area contributed by atoms with Crippen molar-refractivity contribution in [1.29, 1.82) is 0 Å². The quantitative estimate of drug-likeness (QED) is 0.824. The van der Waals surface area contributed by atoms with E-state index in [2.05, 4.69) is 16.5 Å². The zero-order chi connectivity index (χ0) is 10.7. The van der Waals surface area contributed by atoms with Crippen LogP contribution in [0.25, 0.3) is 0 Å². The van der Waals surface area contributed by atoms with Crippen LogP contribution in [0.15, 0.2) is 12.3 Å². The third-order valence-corrected chi connectivity index (χ3v) is 3.49. The molecule has 1 unspecified atom stereocenters. The fourth-order valence-corrected chi connectivity index (χ4v) is 2.69. The molecule has 1 saturated carbocycles. The van der Waals surface area contributed by atoms with Gasteiger partial charge in [-0.15, -0.1) is 0 Å². The largest absolute Gasteiger partial charge is 0.311 e. The Morgan fingerprint density at radius 2 is 2.13 bits per heavy atom. The van der Waals surface area contributed by atoms with E-state index in [1.807, 2.05) is 25.0 Å². The van der Waals surface area contributed by atoms with Crippen molar-refractivity contribution in [2.75, 3.05) is 7.05 Å². The predicted molar refractivity (Wildman–Crippen MR) is 61.6 cm³/mol. The van der Waals surface area contributed by atoms with E-state index < -0.39 is 0 Å². The molecule has 3 nitrogen and oxygen atoms in total. The Balaban J connectivity index is 2.08. The lowest BCUT2D eigenvalue weighted by Gasteiger charge is -2.28. The molecule has 0 aliphatic heterocycles. The molecule has 1 atom stereocenters. The van der Waals surface area contributed by atoms with Crippen molar-refractivity contribution in [3.63, 3.8) is 0 Å². The van der Waals surface area contributed by atoms with Gasteiger partial charge in [-0.25, -0.2) is 0 Å². The van der Waals surface area contributed by atoms with Crippen molar-refractivity contribution in [2.24, 2.45) is 13.0 Å². The van der Waals surface area contributed by atoms with Gasteiger partial charge in [0.2, 0.25) is 0 Å². The van der Waals surface area contributed by atoms with Crippen molar-refractivity contribution in [3.8, 4) is 0 Å². The monoisotopic (exact) mass is 207 g/mol. The Morgan fingerprint density at radius 3 is 2.67 bits per heavy atom. The molecule has 0 aromatic carbocycles. The maximum atomic E-state index is 4.51. The van der Waals surface area contributed by atoms with Crippen LogP contribution in [0.5, 0.6) is 0 Å². The first-order valence-electron chi connectivity index (χ1n) is 5.98. The van der Waals surface area contributed by atoms with Crippen LogP contribution < -0.4 is 5.32 Å². The van der Waals surface area contributed by atoms with E-state index in [0.717, 1.165) is 5.92 Å². The van der Waals surface area contributed by atoms with Gasteiger partial charge in [0, 0.05) is 13.2 Å². The Labute approximate surface area is 91.9 Å². The van der Waals surface area contributed by atoms with Crippen molar-refractivity contribution in [1.82, 2.24) is 15.1 Å². The molecule has 0 bridgehead atoms. The third kappa shape index (κ3) is 2.40. The second-order valence-electron chi connectivity index (χ2n) is 4.58. The number of hydrogen-bond donors (Lipinski definition) is 1. The minimum Gasteiger partial charge on any atom is -0.311 e. The molecule has 1 heterocycles. The highest BCUT2D eigenvalue weighted by Gasteiger charge is 2.25. The maximum absolute atomic E-state index is 4.51. The van der Waals surface area contributed by atoms with E-state index in [9.17, 15) is 0 Å². The first-order chi connectivity index (χ1) is 7.31. The summed E-state index contributed by atoms with van der Waals surface area (Å²) in [7, 11) is 4.03. The van der Waals surface area contributed by atoms with Crippen LogP contribution >= 0.6 is 0 Å². The van der Waals surface area contributed by atoms with E-state index >= 15 is 0 Å². The second-order valence-corrected chi connectivity index (χ2v) is 4.58. The molecule has 1 fully saturated rings. The van der Waals surface area contributed by atoms with E-state index in [1.54, 1.807) is 0 Å². The van der Waals surface area contributed by atoms with Gasteiger partial charge in [-0.2, -0.15) is 5.10 Å². The number of hydrogen-bond acceptors (Lipinski definition) is 2. The van der Waals surface area contributed by atoms with E-state index in [4.69, 9.17) is 0 Å². The molecule has 1 N–H and O–H groups in total. The van der Waals surface area contributed by atoms with Crippen LogP contribution in [0.3, 0.4) is 0 Å². The number of nitrogens with zero attached hydrogens (tertiary/aromatic N) is 2. The lowest BCUT2D eigenvalue weighted by molar-refractivity contribution is 0.277. The summed E-state index contributed by atoms with van der Waals surface area (Å²) in [4.78, 5) is 0. The predicted octanol–water partition coefficient (Wildman–Crippen LogP) is 2.26. The summed E-state index contributed by atoms with van der Waals surface area (Å²) in [6.45, 7) is 0. The molecule has 1 aromatic rings. The minimum absolute atomic E-state index is 0.450. The standard InChI is InChI=1S/C12H21N3/c1-13-12(10-6-4-3-5-7-10)11-8-9-15(2)14-11/h8-10,12-13H,3-7H2,1-2H3. The maximum Gasteiger partial charge on any atom is 0.0796 e. The SMILES string of the molecule is CNC(c1ccn(C)n1)C1CCCCC1. The average molecular weight is 207 g/mol. The highest BCUT2D eigenvalue weighted by atomic mass is 15.3. The summed E-state index contributed by atoms with van der Waals surface area (Å²) < 4.78 is 1.89. The Hall–Kier alpha value is -0.830. The number of aromatic nitrogens is 2. The normalized spacial score (nSPS) is 20.4. The van der Waals surface area contributed by atoms with Crippen LogP contribution in [-0.2, 0) is 7.05 Å². The fourth-order valence-electron chi connectivity index (χ4n) is 2.69. The van der Waals surface area contributed by atoms with Crippen LogP contribution in [-0.4, -0.2) is 16.8 Å². The minimum atomic E-state index is 0.450. The molecule has 1 aliphatic carbocycles. The van der Waals surface area contributed by atoms with Gasteiger partial charge in [0.05, 0.1) is 11.7 Å². The van der Waals surface area contributed by atoms with Gasteiger partial charge in [0.15, 0.2) is 0 Å². The van der Waals surface area contributed by atoms with Gasteiger partial charge >= 0.3 is 0 Å². The van der Waals surface area contributed by atoms with Gasteiger partial charge < -0.3 is 5.32 Å². The van der Waals surface area contributed by atoms with Crippen molar-refractivity contribution in [2.45, 2.75) is 38.1 Å². The Bertz CT molecular complexity index is 300. The van der Waals surface area contributed by atoms with Gasteiger partial charge in [0.1, 0.15) is 0 Å². The van der Waals surface area contributed by atoms with E-state index in [0.29, 0.717) is 6.04 Å². The van der Waals surface area contributed by atoms with Crippen molar-refractivity contribution >= 4 is 0 Å². The van der Waals surface area contributed by atoms with Gasteiger partial charge in [0.25, 0.3) is 0 Å². The van der Waals surface area contributed by atoms with E-state index in [1.165, 1.54) is 37.8 Å². The van der Waals surface area contributed by atoms with Gasteiger partial charge in [-0.3, -0.25) is 4.68 Å². The summed E-state index contributed by atoms with van der Waals surface area (Å²) >= 11 is 0. The van der Waals surface area contributed by atoms with Crippen LogP contribution in [0.4, 0.5) is 0 Å². The lowest BCUT2D eigenvalue weighted by Crippen LogP contribution is -2.27. The lowest BCUT2D eigenvalue weighted by atomic mass is 9.83. The first-order valence-corrected chi connectivity index (χ1v) is 5.98. The topological polar surface area (TPSA) is 29.9 Å². The Morgan fingerprint density at radius 1 is 1.40 bits per heavy atom. The molecule has 0 amide bonds. The molecule has 84 valence electrons. The molecule has 3 heteroatoms. The summed E-state index contributed by atoms with van der Waals surface area (Å²) in [5.41, 5.74) is 1.20. The van der Waals surface area contributed by atoms with Crippen LogP contribution in [0.1, 0.15) is 43.8 Å². The fraction of sp³-hybridized carbons (Fsp3) is 0.750. The second kappa shape index (κ2) is 4.79. The van der Waals surface area contributed by atoms with Crippen LogP contribution in [0.2, 0.25) is 0 Å². The summed E-state index contributed by atoms with van der Waals surface area (Å²) in [5.74, 6) is 0.777. The highest BCUT2D eigenvalue weighted by Crippen LogP contribution is 2.33. The zero-order valence-corrected chi connectivity index (χ0v) is 9.74. The molecule has 2 rings (SSSR count). The molecular formula is C12H21N3. The molecule has 1 aromatic heterocycles. The van der Waals surface area contributed by atoms with Crippen molar-refractivity contribution < 1.29 is 0 Å². The number of rotatable bonds is 3. The molecule has 0 saturated heterocycles.